The molecule has 0 aromatic carbocycles. The molecule has 1 aromatic heterocycles. The van der Waals surface area contributed by atoms with Crippen LogP contribution in [0.5, 0.6) is 0 Å². The quantitative estimate of drug-likeness (QED) is 0.856. The smallest absolute Gasteiger partial charge is 0.306 e. The van der Waals surface area contributed by atoms with Gasteiger partial charge in [-0.05, 0) is 19.3 Å². The van der Waals surface area contributed by atoms with Crippen molar-refractivity contribution in [3.63, 3.8) is 0 Å². The van der Waals surface area contributed by atoms with Gasteiger partial charge in [0.05, 0.1) is 17.9 Å². The number of nitrogens with zero attached hydrogens (tertiary/aromatic N) is 2. The van der Waals surface area contributed by atoms with Crippen LogP contribution in [0.25, 0.3) is 0 Å². The molecule has 1 heterocycles. The van der Waals surface area contributed by atoms with Crippen LogP contribution in [0.3, 0.4) is 0 Å². The number of carboxylic acids is 1. The van der Waals surface area contributed by atoms with Crippen molar-refractivity contribution in [2.45, 2.75) is 64.3 Å². The van der Waals surface area contributed by atoms with E-state index in [0.29, 0.717) is 12.5 Å². The predicted molar refractivity (Wildman–Crippen MR) is 74.1 cm³/mol. The monoisotopic (exact) mass is 264 g/mol. The molecule has 4 heteroatoms. The van der Waals surface area contributed by atoms with Gasteiger partial charge in [-0.25, -0.2) is 4.98 Å². The summed E-state index contributed by atoms with van der Waals surface area (Å²) in [4.78, 5) is 15.6. The Bertz CT molecular complexity index is 408. The lowest BCUT2D eigenvalue weighted by atomic mass is 9.95. The normalized spacial score (nSPS) is 18.4. The molecule has 1 N–H and O–H groups in total. The number of aliphatic carboxylic acids is 1. The minimum atomic E-state index is -0.700. The second-order valence-corrected chi connectivity index (χ2v) is 5.63. The van der Waals surface area contributed by atoms with E-state index >= 15 is 0 Å². The Labute approximate surface area is 114 Å². The van der Waals surface area contributed by atoms with Gasteiger partial charge in [-0.3, -0.25) is 4.79 Å². The van der Waals surface area contributed by atoms with Crippen molar-refractivity contribution in [3.8, 4) is 0 Å². The lowest BCUT2D eigenvalue weighted by Crippen LogP contribution is -2.16. The van der Waals surface area contributed by atoms with Crippen molar-refractivity contribution in [2.24, 2.45) is 5.92 Å². The van der Waals surface area contributed by atoms with Crippen LogP contribution in [0.15, 0.2) is 12.5 Å². The van der Waals surface area contributed by atoms with Gasteiger partial charge in [0.15, 0.2) is 0 Å². The third kappa shape index (κ3) is 3.82. The van der Waals surface area contributed by atoms with E-state index in [4.69, 9.17) is 0 Å². The van der Waals surface area contributed by atoms with Gasteiger partial charge in [0.2, 0.25) is 0 Å². The Morgan fingerprint density at radius 3 is 2.84 bits per heavy atom. The van der Waals surface area contributed by atoms with Crippen molar-refractivity contribution in [1.82, 2.24) is 9.55 Å². The van der Waals surface area contributed by atoms with E-state index in [9.17, 15) is 9.90 Å². The van der Waals surface area contributed by atoms with Gasteiger partial charge < -0.3 is 9.67 Å². The van der Waals surface area contributed by atoms with Crippen LogP contribution in [0.2, 0.25) is 0 Å². The lowest BCUT2D eigenvalue weighted by molar-refractivity contribution is -0.141. The summed E-state index contributed by atoms with van der Waals surface area (Å²) in [5.41, 5.74) is 0.923. The second-order valence-electron chi connectivity index (χ2n) is 5.63. The largest absolute Gasteiger partial charge is 0.481 e. The fourth-order valence-corrected chi connectivity index (χ4v) is 2.98. The number of carbonyl (C=O) groups is 1. The van der Waals surface area contributed by atoms with Crippen LogP contribution < -0.4 is 0 Å². The number of aromatic nitrogens is 2. The van der Waals surface area contributed by atoms with E-state index in [1.807, 2.05) is 13.3 Å². The molecule has 106 valence electrons. The SMILES string of the molecule is CCCC(Cc1cn(C2CCCCC2)cn1)C(=O)O. The molecule has 1 aliphatic rings. The highest BCUT2D eigenvalue weighted by Crippen LogP contribution is 2.28. The van der Waals surface area contributed by atoms with Crippen LogP contribution in [-0.4, -0.2) is 20.6 Å². The first-order valence-electron chi connectivity index (χ1n) is 7.46. The third-order valence-corrected chi connectivity index (χ3v) is 4.09. The van der Waals surface area contributed by atoms with Gasteiger partial charge in [-0.2, -0.15) is 0 Å². The minimum Gasteiger partial charge on any atom is -0.481 e. The first-order valence-corrected chi connectivity index (χ1v) is 7.46. The topological polar surface area (TPSA) is 55.1 Å². The van der Waals surface area contributed by atoms with Crippen molar-refractivity contribution in [3.05, 3.63) is 18.2 Å². The zero-order valence-electron chi connectivity index (χ0n) is 11.7. The molecule has 1 aliphatic carbocycles. The zero-order valence-corrected chi connectivity index (χ0v) is 11.7. The number of hydrogen-bond acceptors (Lipinski definition) is 2. The molecule has 2 rings (SSSR count). The van der Waals surface area contributed by atoms with Crippen LogP contribution >= 0.6 is 0 Å². The Kier molecular flexibility index (Phi) is 5.00. The first kappa shape index (κ1) is 14.1. The molecule has 1 unspecified atom stereocenters. The van der Waals surface area contributed by atoms with Gasteiger partial charge in [0.25, 0.3) is 0 Å². The number of imidazole rings is 1. The second kappa shape index (κ2) is 6.73. The van der Waals surface area contributed by atoms with Crippen molar-refractivity contribution >= 4 is 5.97 Å². The molecule has 0 aliphatic heterocycles. The molecule has 1 saturated carbocycles. The van der Waals surface area contributed by atoms with Gasteiger partial charge >= 0.3 is 5.97 Å². The lowest BCUT2D eigenvalue weighted by Gasteiger charge is -2.22. The maximum absolute atomic E-state index is 11.2. The third-order valence-electron chi connectivity index (χ3n) is 4.09. The van der Waals surface area contributed by atoms with E-state index in [0.717, 1.165) is 18.5 Å². The Balaban J connectivity index is 1.97. The van der Waals surface area contributed by atoms with Crippen LogP contribution in [0, 0.1) is 5.92 Å². The summed E-state index contributed by atoms with van der Waals surface area (Å²) in [7, 11) is 0. The van der Waals surface area contributed by atoms with Crippen molar-refractivity contribution in [2.75, 3.05) is 0 Å². The maximum Gasteiger partial charge on any atom is 0.306 e. The van der Waals surface area contributed by atoms with Gasteiger partial charge in [0.1, 0.15) is 0 Å². The predicted octanol–water partition coefficient (Wildman–Crippen LogP) is 3.43. The average molecular weight is 264 g/mol. The van der Waals surface area contributed by atoms with E-state index in [1.54, 1.807) is 0 Å². The average Bonchev–Trinajstić information content (AvgIpc) is 2.88. The molecule has 0 spiro atoms. The number of carboxylic acid groups (broad SMARTS) is 1. The van der Waals surface area contributed by atoms with Crippen LogP contribution in [0.4, 0.5) is 0 Å². The fourth-order valence-electron chi connectivity index (χ4n) is 2.98. The van der Waals surface area contributed by atoms with E-state index in [1.165, 1.54) is 32.1 Å². The molecule has 4 nitrogen and oxygen atoms in total. The van der Waals surface area contributed by atoms with Crippen LogP contribution in [0.1, 0.15) is 63.6 Å². The first-order chi connectivity index (χ1) is 9.20. The summed E-state index contributed by atoms with van der Waals surface area (Å²) >= 11 is 0. The standard InChI is InChI=1S/C15H24N2O2/c1-2-6-12(15(18)19)9-13-10-17(11-16-13)14-7-4-3-5-8-14/h10-12,14H,2-9H2,1H3,(H,18,19). The highest BCUT2D eigenvalue weighted by molar-refractivity contribution is 5.70. The summed E-state index contributed by atoms with van der Waals surface area (Å²) in [6.45, 7) is 2.02. The minimum absolute atomic E-state index is 0.292. The Morgan fingerprint density at radius 2 is 2.21 bits per heavy atom. The molecular weight excluding hydrogens is 240 g/mol. The molecule has 0 amide bonds. The molecule has 0 saturated heterocycles. The zero-order chi connectivity index (χ0) is 13.7. The fraction of sp³-hybridized carbons (Fsp3) is 0.733. The van der Waals surface area contributed by atoms with E-state index in [2.05, 4.69) is 15.7 Å². The molecule has 19 heavy (non-hydrogen) atoms. The van der Waals surface area contributed by atoms with Gasteiger partial charge in [0, 0.05) is 18.7 Å². The van der Waals surface area contributed by atoms with Gasteiger partial charge in [-0.1, -0.05) is 32.6 Å². The maximum atomic E-state index is 11.2. The summed E-state index contributed by atoms with van der Waals surface area (Å²) in [6, 6.07) is 0.574. The van der Waals surface area contributed by atoms with Gasteiger partial charge in [-0.15, -0.1) is 0 Å². The summed E-state index contributed by atoms with van der Waals surface area (Å²) in [5.74, 6) is -0.992. The summed E-state index contributed by atoms with van der Waals surface area (Å²) in [5, 5.41) is 9.19. The van der Waals surface area contributed by atoms with Crippen molar-refractivity contribution < 1.29 is 9.90 Å². The number of hydrogen-bond donors (Lipinski definition) is 1. The highest BCUT2D eigenvalue weighted by Gasteiger charge is 2.20. The molecule has 1 aromatic rings. The molecule has 0 bridgehead atoms. The summed E-state index contributed by atoms with van der Waals surface area (Å²) in [6.07, 6.45) is 12.5. The molecular formula is C15H24N2O2. The molecule has 1 fully saturated rings. The van der Waals surface area contributed by atoms with Crippen LogP contribution in [-0.2, 0) is 11.2 Å². The van der Waals surface area contributed by atoms with E-state index in [-0.39, 0.29) is 5.92 Å². The van der Waals surface area contributed by atoms with E-state index < -0.39 is 5.97 Å². The molecule has 0 radical (unpaired) electrons. The Morgan fingerprint density at radius 1 is 1.47 bits per heavy atom. The highest BCUT2D eigenvalue weighted by atomic mass is 16.4. The molecule has 1 atom stereocenters. The van der Waals surface area contributed by atoms with Crippen molar-refractivity contribution in [1.29, 1.82) is 0 Å². The Hall–Kier alpha value is -1.32. The number of rotatable bonds is 6. The summed E-state index contributed by atoms with van der Waals surface area (Å²) < 4.78 is 2.19.